The van der Waals surface area contributed by atoms with Crippen molar-refractivity contribution >= 4 is 83.3 Å². The van der Waals surface area contributed by atoms with E-state index in [1.54, 1.807) is 105 Å². The van der Waals surface area contributed by atoms with Crippen LogP contribution in [-0.2, 0) is 4.74 Å². The van der Waals surface area contributed by atoms with Gasteiger partial charge in [-0.15, -0.1) is 0 Å². The van der Waals surface area contributed by atoms with Crippen molar-refractivity contribution in [2.24, 2.45) is 0 Å². The highest BCUT2D eigenvalue weighted by atomic mass is 19.1. The Kier molecular flexibility index (Phi) is 18.1. The predicted octanol–water partition coefficient (Wildman–Crippen LogP) is 19.0. The first-order valence-electron chi connectivity index (χ1n) is 32.6. The fraction of sp³-hybridized carbons (Fsp3) is 0.175. The van der Waals surface area contributed by atoms with E-state index in [0.29, 0.717) is 17.9 Å². The molecule has 6 N–H and O–H groups in total. The summed E-state index contributed by atoms with van der Waals surface area (Å²) in [5.74, 6) is -3.02. The molecular formula is C80H70F3N9O8. The number of aromatic nitrogens is 9. The molecule has 0 bridgehead atoms. The lowest BCUT2D eigenvalue weighted by Gasteiger charge is -2.18. The number of carbonyl (C=O) groups is 3. The molecule has 20 heteroatoms. The molecular weight excluding hydrogens is 1270 g/mol. The van der Waals surface area contributed by atoms with E-state index in [2.05, 4.69) is 116 Å². The highest BCUT2D eigenvalue weighted by Gasteiger charge is 2.29. The molecule has 0 spiro atoms. The number of hydrogen-bond acceptors (Lipinski definition) is 8. The third-order valence-corrected chi connectivity index (χ3v) is 18.2. The number of methoxy groups -OCH3 is 1. The molecule has 0 fully saturated rings. The molecule has 100 heavy (non-hydrogen) atoms. The number of nitrogens with zero attached hydrogens (tertiary/aromatic N) is 6. The van der Waals surface area contributed by atoms with Gasteiger partial charge in [0.2, 0.25) is 0 Å². The summed E-state index contributed by atoms with van der Waals surface area (Å²) in [5.41, 5.74) is 19.1. The second kappa shape index (κ2) is 27.1. The maximum absolute atomic E-state index is 13.8. The summed E-state index contributed by atoms with van der Waals surface area (Å²) in [6.07, 6.45) is 5.34. The minimum absolute atomic E-state index is 0.0693. The normalized spacial score (nSPS) is 11.6. The van der Waals surface area contributed by atoms with Crippen LogP contribution in [0.4, 0.5) is 13.2 Å². The first-order chi connectivity index (χ1) is 48.1. The quantitative estimate of drug-likeness (QED) is 0.0498. The van der Waals surface area contributed by atoms with Gasteiger partial charge in [0.25, 0.3) is 0 Å². The standard InChI is InChI=1S/C28H26FN3O4.2C26H22FN3O2/c1-16(2)27-26(21-9-4-17(28(33)34)13-25(21)36-11-10-35-3)22-14-23-18(15-30-31-23)12-24(22)32(27)20-7-5-19(29)6-8-20;1-14(2)25-24(20-9-4-16(26(31)32)10-15(20)3)21-12-22-17(13-28-29-22)11-23(21)30(25)19-7-5-18(27)6-8-19;1-14(2)25-24(19-5-4-6-20(15(19)3)26(31)32)21-12-22-16(13-28-29-22)11-23(21)30(25)18-9-7-17(27)8-10-18/h4-9,12-16H,10-11H2,1-3H3,(H,30,31)(H,33,34);2*4-14H,1-3H3,(H,28,29)(H,31,32). The monoisotopic (exact) mass is 1340 g/mol. The maximum Gasteiger partial charge on any atom is 0.335 e. The SMILES string of the molecule is COCCOc1cc(C(=O)O)ccc1-c1c(C(C)C)n(-c2ccc(F)cc2)c2cc3cn[nH]c3cc12.Cc1c(C(=O)O)cccc1-c1c(C(C)C)n(-c2ccc(F)cc2)c2cc3cn[nH]c3cc12.Cc1cc(C(=O)O)ccc1-c1c(C(C)C)n(-c2ccc(F)cc2)c2cc3cn[nH]c3cc12. The smallest absolute Gasteiger partial charge is 0.335 e. The third-order valence-electron chi connectivity index (χ3n) is 18.2. The number of ether oxygens (including phenoxy) is 2. The molecule has 0 aliphatic carbocycles. The summed E-state index contributed by atoms with van der Waals surface area (Å²) < 4.78 is 58.9. The first-order valence-corrected chi connectivity index (χ1v) is 32.6. The average molecular weight is 1340 g/mol. The second-order valence-electron chi connectivity index (χ2n) is 25.6. The van der Waals surface area contributed by atoms with Crippen LogP contribution in [0.2, 0.25) is 0 Å². The Morgan fingerprint density at radius 3 is 1.20 bits per heavy atom. The Morgan fingerprint density at radius 2 is 0.830 bits per heavy atom. The number of H-pyrrole nitrogens is 3. The van der Waals surface area contributed by atoms with Crippen LogP contribution in [0.15, 0.2) is 182 Å². The van der Waals surface area contributed by atoms with Crippen molar-refractivity contribution in [3.05, 3.63) is 245 Å². The number of aromatic amines is 3. The largest absolute Gasteiger partial charge is 0.491 e. The molecule has 17 nitrogen and oxygen atoms in total. The summed E-state index contributed by atoms with van der Waals surface area (Å²) in [5, 5.41) is 56.2. The van der Waals surface area contributed by atoms with Gasteiger partial charge in [-0.2, -0.15) is 15.3 Å². The number of halogens is 3. The Morgan fingerprint density at radius 1 is 0.450 bits per heavy atom. The van der Waals surface area contributed by atoms with Crippen LogP contribution in [0.25, 0.3) is 116 Å². The third kappa shape index (κ3) is 12.3. The molecule has 15 aromatic rings. The van der Waals surface area contributed by atoms with Gasteiger partial charge in [0.1, 0.15) is 29.8 Å². The Labute approximate surface area is 571 Å². The molecule has 0 saturated heterocycles. The molecule has 0 atom stereocenters. The zero-order valence-electron chi connectivity index (χ0n) is 56.2. The van der Waals surface area contributed by atoms with Gasteiger partial charge in [0.05, 0.1) is 75.0 Å². The number of nitrogens with one attached hydrogen (secondary N) is 3. The molecule has 0 amide bonds. The van der Waals surface area contributed by atoms with Gasteiger partial charge < -0.3 is 38.5 Å². The van der Waals surface area contributed by atoms with Crippen LogP contribution in [-0.4, -0.2) is 97.8 Å². The average Bonchev–Trinajstić information content (AvgIpc) is 1.59. The van der Waals surface area contributed by atoms with E-state index in [9.17, 15) is 42.9 Å². The number of benzene rings is 9. The minimum Gasteiger partial charge on any atom is -0.491 e. The van der Waals surface area contributed by atoms with Gasteiger partial charge in [0, 0.05) is 95.8 Å². The summed E-state index contributed by atoms with van der Waals surface area (Å²) in [7, 11) is 1.58. The molecule has 6 heterocycles. The van der Waals surface area contributed by atoms with Gasteiger partial charge in [0.15, 0.2) is 0 Å². The molecule has 0 unspecified atom stereocenters. The Bertz CT molecular complexity index is 5660. The van der Waals surface area contributed by atoms with E-state index in [1.165, 1.54) is 36.4 Å². The van der Waals surface area contributed by atoms with Crippen molar-refractivity contribution in [3.8, 4) is 56.2 Å². The van der Waals surface area contributed by atoms with Crippen LogP contribution < -0.4 is 4.74 Å². The van der Waals surface area contributed by atoms with Gasteiger partial charge in [-0.1, -0.05) is 59.7 Å². The molecule has 6 aromatic heterocycles. The van der Waals surface area contributed by atoms with Crippen LogP contribution in [0.5, 0.6) is 5.75 Å². The van der Waals surface area contributed by atoms with E-state index in [0.717, 1.165) is 139 Å². The number of carboxylic acid groups (broad SMARTS) is 3. The van der Waals surface area contributed by atoms with Crippen LogP contribution >= 0.6 is 0 Å². The van der Waals surface area contributed by atoms with Gasteiger partial charge in [-0.3, -0.25) is 15.3 Å². The van der Waals surface area contributed by atoms with E-state index < -0.39 is 17.9 Å². The number of carboxylic acids is 3. The number of hydrogen-bond donors (Lipinski definition) is 6. The Hall–Kier alpha value is -12.0. The maximum atomic E-state index is 13.8. The fourth-order valence-corrected chi connectivity index (χ4v) is 13.8. The lowest BCUT2D eigenvalue weighted by molar-refractivity contribution is 0.0685. The van der Waals surface area contributed by atoms with Gasteiger partial charge >= 0.3 is 17.9 Å². The van der Waals surface area contributed by atoms with Crippen molar-refractivity contribution in [1.29, 1.82) is 0 Å². The van der Waals surface area contributed by atoms with E-state index in [1.807, 2.05) is 32.0 Å². The Balaban J connectivity index is 0.000000135. The predicted molar refractivity (Wildman–Crippen MR) is 385 cm³/mol. The number of fused-ring (bicyclic) bond motifs is 6. The van der Waals surface area contributed by atoms with Gasteiger partial charge in [-0.25, -0.2) is 27.6 Å². The van der Waals surface area contributed by atoms with Crippen LogP contribution in [0.1, 0.15) is 119 Å². The van der Waals surface area contributed by atoms with Crippen LogP contribution in [0, 0.1) is 31.3 Å². The van der Waals surface area contributed by atoms with Crippen molar-refractivity contribution in [2.75, 3.05) is 20.3 Å². The number of rotatable bonds is 16. The van der Waals surface area contributed by atoms with Crippen molar-refractivity contribution in [1.82, 2.24) is 44.3 Å². The fourth-order valence-electron chi connectivity index (χ4n) is 13.8. The van der Waals surface area contributed by atoms with E-state index in [-0.39, 0.29) is 58.5 Å². The molecule has 9 aromatic carbocycles. The number of aromatic carboxylic acids is 3. The zero-order valence-corrected chi connectivity index (χ0v) is 56.2. The second-order valence-corrected chi connectivity index (χ2v) is 25.6. The molecule has 0 aliphatic rings. The van der Waals surface area contributed by atoms with Crippen molar-refractivity contribution in [3.63, 3.8) is 0 Å². The highest BCUT2D eigenvalue weighted by molar-refractivity contribution is 6.10. The zero-order chi connectivity index (χ0) is 70.5. The van der Waals surface area contributed by atoms with E-state index >= 15 is 0 Å². The topological polar surface area (TPSA) is 231 Å². The summed E-state index contributed by atoms with van der Waals surface area (Å²) in [4.78, 5) is 35.0. The number of aryl methyl sites for hydroxylation is 1. The molecule has 15 rings (SSSR count). The van der Waals surface area contributed by atoms with E-state index in [4.69, 9.17) is 9.47 Å². The highest BCUT2D eigenvalue weighted by Crippen LogP contribution is 2.48. The van der Waals surface area contributed by atoms with Crippen molar-refractivity contribution in [2.45, 2.75) is 73.1 Å². The molecule has 0 aliphatic heterocycles. The molecule has 0 saturated carbocycles. The molecule has 0 radical (unpaired) electrons. The summed E-state index contributed by atoms with van der Waals surface area (Å²) in [6, 6.07) is 47.3. The lowest BCUT2D eigenvalue weighted by Crippen LogP contribution is -2.07. The summed E-state index contributed by atoms with van der Waals surface area (Å²) in [6.45, 7) is 17.1. The van der Waals surface area contributed by atoms with Gasteiger partial charge in [-0.05, 0) is 199 Å². The first kappa shape index (κ1) is 66.6. The summed E-state index contributed by atoms with van der Waals surface area (Å²) >= 11 is 0. The molecule has 504 valence electrons. The minimum atomic E-state index is -1.03. The van der Waals surface area contributed by atoms with Crippen LogP contribution in [0.3, 0.4) is 0 Å². The van der Waals surface area contributed by atoms with Crippen molar-refractivity contribution < 1.29 is 52.3 Å². The lowest BCUT2D eigenvalue weighted by atomic mass is 9.91.